The molecule has 13 aromatic carbocycles. The maximum Gasteiger partial charge on any atom is 0.160 e. The molecule has 4 heterocycles. The maximum absolute atomic E-state index is 10.5. The predicted octanol–water partition coefficient (Wildman–Crippen LogP) is 21.2. The average Bonchev–Trinajstić information content (AvgIpc) is 1.64. The van der Waals surface area contributed by atoms with Gasteiger partial charge in [-0.1, -0.05) is 206 Å². The molecule has 17 aromatic rings. The highest BCUT2D eigenvalue weighted by Crippen LogP contribution is 2.47. The maximum atomic E-state index is 10.5. The summed E-state index contributed by atoms with van der Waals surface area (Å²) in [7, 11) is 0. The Morgan fingerprint density at radius 2 is 0.593 bits per heavy atom. The summed E-state index contributed by atoms with van der Waals surface area (Å²) >= 11 is 0. The number of para-hydroxylation sites is 4. The van der Waals surface area contributed by atoms with E-state index in [2.05, 4.69) is 275 Å². The van der Waals surface area contributed by atoms with Crippen molar-refractivity contribution in [3.63, 3.8) is 0 Å². The highest BCUT2D eigenvalue weighted by atomic mass is 15.0. The van der Waals surface area contributed by atoms with Gasteiger partial charge in [0, 0.05) is 71.5 Å². The van der Waals surface area contributed by atoms with Crippen LogP contribution in [0.2, 0.25) is 0 Å². The molecule has 0 amide bonds. The third kappa shape index (κ3) is 8.80. The lowest BCUT2D eigenvalue weighted by molar-refractivity contribution is 1.16. The number of rotatable bonds is 10. The molecule has 0 saturated carbocycles. The van der Waals surface area contributed by atoms with Gasteiger partial charge in [0.1, 0.15) is 0 Å². The quantitative estimate of drug-likeness (QED) is 0.136. The van der Waals surface area contributed by atoms with Crippen molar-refractivity contribution in [1.82, 2.24) is 23.7 Å². The molecule has 0 aliphatic heterocycles. The molecule has 4 aromatic heterocycles. The van der Waals surface area contributed by atoms with Crippen molar-refractivity contribution >= 4 is 65.4 Å². The lowest BCUT2D eigenvalue weighted by atomic mass is 9.91. The minimum atomic E-state index is 0.579. The van der Waals surface area contributed by atoms with Gasteiger partial charge in [0.15, 0.2) is 5.82 Å². The highest BCUT2D eigenvalue weighted by molar-refractivity contribution is 6.14. The van der Waals surface area contributed by atoms with Crippen LogP contribution in [0.5, 0.6) is 0 Å². The van der Waals surface area contributed by atoms with Crippen LogP contribution >= 0.6 is 0 Å². The molecule has 0 spiro atoms. The molecule has 0 bridgehead atoms. The number of aromatic nitrogens is 5. The first-order valence-electron chi connectivity index (χ1n) is 30.5. The van der Waals surface area contributed by atoms with Gasteiger partial charge in [-0.15, -0.1) is 0 Å². The zero-order valence-corrected chi connectivity index (χ0v) is 49.1. The Bertz CT molecular complexity index is 5420. The molecule has 7 heteroatoms. The molecule has 17 rings (SSSR count). The Kier molecular flexibility index (Phi) is 12.5. The van der Waals surface area contributed by atoms with Gasteiger partial charge in [0.2, 0.25) is 0 Å². The van der Waals surface area contributed by atoms with Gasteiger partial charge < -0.3 is 13.7 Å². The summed E-state index contributed by atoms with van der Waals surface area (Å²) < 4.78 is 7.21. The van der Waals surface area contributed by atoms with Crippen molar-refractivity contribution in [2.24, 2.45) is 0 Å². The van der Waals surface area contributed by atoms with E-state index < -0.39 is 0 Å². The molecule has 0 aliphatic rings. The van der Waals surface area contributed by atoms with Gasteiger partial charge >= 0.3 is 0 Å². The van der Waals surface area contributed by atoms with Crippen LogP contribution in [0, 0.1) is 22.7 Å². The van der Waals surface area contributed by atoms with Crippen molar-refractivity contribution in [2.75, 3.05) is 0 Å². The van der Waals surface area contributed by atoms with E-state index in [1.807, 2.05) is 60.7 Å². The Labute approximate surface area is 524 Å². The van der Waals surface area contributed by atoms with Crippen LogP contribution in [0.4, 0.5) is 0 Å². The van der Waals surface area contributed by atoms with Crippen molar-refractivity contribution in [3.05, 3.63) is 321 Å². The van der Waals surface area contributed by atoms with E-state index in [4.69, 9.17) is 9.97 Å². The minimum Gasteiger partial charge on any atom is -0.309 e. The first-order chi connectivity index (χ1) is 45.0. The molecule has 0 atom stereocenters. The fourth-order valence-electron chi connectivity index (χ4n) is 13.8. The molecule has 0 aliphatic carbocycles. The summed E-state index contributed by atoms with van der Waals surface area (Å²) in [5.74, 6) is 0.579. The monoisotopic (exact) mass is 1160 g/mol. The fourth-order valence-corrected chi connectivity index (χ4v) is 13.8. The smallest absolute Gasteiger partial charge is 0.160 e. The zero-order valence-electron chi connectivity index (χ0n) is 49.1. The van der Waals surface area contributed by atoms with Gasteiger partial charge in [-0.05, 0) is 137 Å². The standard InChI is InChI=1S/C84H51N7/c85-52-60-25-7-9-31-65(60)58-41-43-81-73(47-58)74-48-59(66-32-10-8-26-61(66)53-86)42-44-82(74)91(81)83-71(56-27-19-29-63(45-56)89-77-37-15-11-33-67(77)68-34-12-16-38-78(68)89)49-62(84-87-75(54-21-3-1-4-22-54)51-76(88-84)55-23-5-2-6-24-55)50-72(83)57-28-20-30-64(46-57)90-79-39-17-13-35-69(79)70-36-14-18-40-80(70)90/h1-51H. The molecule has 422 valence electrons. The van der Waals surface area contributed by atoms with E-state index in [1.165, 1.54) is 21.5 Å². The highest BCUT2D eigenvalue weighted by Gasteiger charge is 2.26. The summed E-state index contributed by atoms with van der Waals surface area (Å²) in [5, 5.41) is 27.8. The van der Waals surface area contributed by atoms with E-state index in [-0.39, 0.29) is 0 Å². The van der Waals surface area contributed by atoms with Crippen LogP contribution in [0.3, 0.4) is 0 Å². The van der Waals surface area contributed by atoms with E-state index in [0.717, 1.165) is 134 Å². The Morgan fingerprint density at radius 3 is 1.01 bits per heavy atom. The second kappa shape index (κ2) is 21.6. The fraction of sp³-hybridized carbons (Fsp3) is 0. The molecule has 0 unspecified atom stereocenters. The normalized spacial score (nSPS) is 11.5. The van der Waals surface area contributed by atoms with Gasteiger partial charge in [0.25, 0.3) is 0 Å². The molecular weight excluding hydrogens is 1110 g/mol. The molecule has 7 nitrogen and oxygen atoms in total. The Hall–Kier alpha value is -12.7. The van der Waals surface area contributed by atoms with Gasteiger partial charge in [-0.3, -0.25) is 0 Å². The number of hydrogen-bond acceptors (Lipinski definition) is 4. The number of benzene rings is 13. The van der Waals surface area contributed by atoms with E-state index >= 15 is 0 Å². The van der Waals surface area contributed by atoms with Gasteiger partial charge in [-0.2, -0.15) is 10.5 Å². The van der Waals surface area contributed by atoms with Crippen LogP contribution in [0.15, 0.2) is 309 Å². The van der Waals surface area contributed by atoms with Gasteiger partial charge in [0.05, 0.1) is 73.4 Å². The van der Waals surface area contributed by atoms with Crippen LogP contribution in [-0.2, 0) is 0 Å². The minimum absolute atomic E-state index is 0.579. The molecule has 91 heavy (non-hydrogen) atoms. The summed E-state index contributed by atoms with van der Waals surface area (Å²) in [6, 6.07) is 114. The summed E-state index contributed by atoms with van der Waals surface area (Å²) in [5.41, 5.74) is 22.3. The van der Waals surface area contributed by atoms with Crippen molar-refractivity contribution in [3.8, 4) is 108 Å². The SMILES string of the molecule is N#Cc1ccccc1-c1ccc2c(c1)c1cc(-c3ccccc3C#N)ccc1n2-c1c(-c2cccc(-n3c4ccccc4c4ccccc43)c2)cc(-c2nc(-c3ccccc3)cc(-c3ccccc3)n2)cc1-c1cccc(-n2c3ccccc3c3ccccc32)c1. The molecule has 0 radical (unpaired) electrons. The van der Waals surface area contributed by atoms with Crippen LogP contribution in [0.25, 0.3) is 161 Å². The molecule has 0 saturated heterocycles. The van der Waals surface area contributed by atoms with E-state index in [1.54, 1.807) is 0 Å². The summed E-state index contributed by atoms with van der Waals surface area (Å²) in [6.07, 6.45) is 0. The topological polar surface area (TPSA) is 88.2 Å². The van der Waals surface area contributed by atoms with E-state index in [0.29, 0.717) is 17.0 Å². The second-order valence-corrected chi connectivity index (χ2v) is 23.1. The zero-order chi connectivity index (χ0) is 60.5. The second-order valence-electron chi connectivity index (χ2n) is 23.1. The third-order valence-electron chi connectivity index (χ3n) is 17.9. The van der Waals surface area contributed by atoms with Gasteiger partial charge in [-0.25, -0.2) is 9.97 Å². The molecular formula is C84H51N7. The lowest BCUT2D eigenvalue weighted by Gasteiger charge is -2.22. The number of nitrogens with zero attached hydrogens (tertiary/aromatic N) is 7. The van der Waals surface area contributed by atoms with Crippen LogP contribution in [0.1, 0.15) is 11.1 Å². The van der Waals surface area contributed by atoms with Crippen LogP contribution in [-0.4, -0.2) is 23.7 Å². The first-order valence-corrected chi connectivity index (χ1v) is 30.5. The van der Waals surface area contributed by atoms with Crippen LogP contribution < -0.4 is 0 Å². The van der Waals surface area contributed by atoms with Crippen molar-refractivity contribution in [2.45, 2.75) is 0 Å². The number of fused-ring (bicyclic) bond motifs is 9. The largest absolute Gasteiger partial charge is 0.309 e. The average molecular weight is 1160 g/mol. The van der Waals surface area contributed by atoms with Crippen molar-refractivity contribution < 1.29 is 0 Å². The number of nitriles is 2. The number of hydrogen-bond donors (Lipinski definition) is 0. The Balaban J connectivity index is 1.02. The Morgan fingerprint density at radius 1 is 0.242 bits per heavy atom. The summed E-state index contributed by atoms with van der Waals surface area (Å²) in [4.78, 5) is 11.1. The predicted molar refractivity (Wildman–Crippen MR) is 373 cm³/mol. The lowest BCUT2D eigenvalue weighted by Crippen LogP contribution is -2.04. The summed E-state index contributed by atoms with van der Waals surface area (Å²) in [6.45, 7) is 0. The molecule has 0 fully saturated rings. The molecule has 0 N–H and O–H groups in total. The van der Waals surface area contributed by atoms with E-state index in [9.17, 15) is 10.5 Å². The van der Waals surface area contributed by atoms with Crippen molar-refractivity contribution in [1.29, 1.82) is 10.5 Å². The first kappa shape index (κ1) is 52.6. The third-order valence-corrected chi connectivity index (χ3v) is 17.9.